The Labute approximate surface area is 112 Å². The van der Waals surface area contributed by atoms with Gasteiger partial charge in [-0.05, 0) is 22.6 Å². The van der Waals surface area contributed by atoms with E-state index in [2.05, 4.69) is 0 Å². The number of carbonyl (C=O) groups excluding carboxylic acids is 1. The molecule has 1 aliphatic heterocycles. The van der Waals surface area contributed by atoms with Gasteiger partial charge in [0.1, 0.15) is 0 Å². The highest BCUT2D eigenvalue weighted by atomic mass is 16.5. The van der Waals surface area contributed by atoms with Gasteiger partial charge in [-0.2, -0.15) is 0 Å². The van der Waals surface area contributed by atoms with Crippen molar-refractivity contribution in [2.24, 2.45) is 5.41 Å². The Bertz CT molecular complexity index is 517. The van der Waals surface area contributed by atoms with Crippen molar-refractivity contribution in [3.63, 3.8) is 0 Å². The quantitative estimate of drug-likeness (QED) is 0.829. The highest BCUT2D eigenvalue weighted by molar-refractivity contribution is 5.97. The van der Waals surface area contributed by atoms with Gasteiger partial charge in [0.15, 0.2) is 5.78 Å². The molecule has 0 saturated carbocycles. The molecule has 1 aromatic rings. The van der Waals surface area contributed by atoms with Gasteiger partial charge in [0.25, 0.3) is 0 Å². The molecule has 0 saturated heterocycles. The molecule has 1 aromatic carbocycles. The van der Waals surface area contributed by atoms with Crippen LogP contribution in [-0.2, 0) is 22.7 Å². The van der Waals surface area contributed by atoms with Gasteiger partial charge >= 0.3 is 5.97 Å². The summed E-state index contributed by atoms with van der Waals surface area (Å²) in [5, 5.41) is 8.83. The molecule has 0 atom stereocenters. The van der Waals surface area contributed by atoms with Gasteiger partial charge in [-0.3, -0.25) is 9.59 Å². The average molecular weight is 262 g/mol. The number of ketones is 1. The molecule has 4 nitrogen and oxygen atoms in total. The third kappa shape index (κ3) is 3.41. The number of rotatable bonds is 5. The largest absolute Gasteiger partial charge is 0.481 e. The maximum absolute atomic E-state index is 12.2. The second kappa shape index (κ2) is 5.13. The number of fused-ring (bicyclic) bond motifs is 1. The third-order valence-electron chi connectivity index (χ3n) is 3.31. The Morgan fingerprint density at radius 3 is 2.58 bits per heavy atom. The molecule has 0 spiro atoms. The molecule has 0 unspecified atom stereocenters. The SMILES string of the molecule is CC(C)(CC(=O)O)CC(=O)c1ccc2c(c1)COC2. The minimum Gasteiger partial charge on any atom is -0.481 e. The van der Waals surface area contributed by atoms with Crippen LogP contribution in [0.5, 0.6) is 0 Å². The van der Waals surface area contributed by atoms with Crippen molar-refractivity contribution in [1.82, 2.24) is 0 Å². The van der Waals surface area contributed by atoms with Crippen LogP contribution >= 0.6 is 0 Å². The zero-order valence-corrected chi connectivity index (χ0v) is 11.2. The molecule has 2 rings (SSSR count). The number of aliphatic carboxylic acids is 1. The van der Waals surface area contributed by atoms with Crippen LogP contribution in [0.2, 0.25) is 0 Å². The van der Waals surface area contributed by atoms with E-state index in [0.717, 1.165) is 11.1 Å². The number of benzene rings is 1. The lowest BCUT2D eigenvalue weighted by Gasteiger charge is -2.21. The monoisotopic (exact) mass is 262 g/mol. The van der Waals surface area contributed by atoms with Crippen molar-refractivity contribution in [2.45, 2.75) is 39.9 Å². The van der Waals surface area contributed by atoms with Gasteiger partial charge < -0.3 is 9.84 Å². The van der Waals surface area contributed by atoms with E-state index in [4.69, 9.17) is 9.84 Å². The summed E-state index contributed by atoms with van der Waals surface area (Å²) in [6.07, 6.45) is 0.228. The summed E-state index contributed by atoms with van der Waals surface area (Å²) in [6.45, 7) is 4.76. The van der Waals surface area contributed by atoms with Crippen LogP contribution in [0.1, 0.15) is 48.2 Å². The Hall–Kier alpha value is -1.68. The maximum atomic E-state index is 12.2. The molecule has 0 fully saturated rings. The number of carbonyl (C=O) groups is 2. The van der Waals surface area contributed by atoms with Gasteiger partial charge in [-0.1, -0.05) is 26.0 Å². The van der Waals surface area contributed by atoms with E-state index in [1.807, 2.05) is 12.1 Å². The van der Waals surface area contributed by atoms with Crippen molar-refractivity contribution >= 4 is 11.8 Å². The number of hydrogen-bond acceptors (Lipinski definition) is 3. The van der Waals surface area contributed by atoms with Crippen molar-refractivity contribution in [1.29, 1.82) is 0 Å². The van der Waals surface area contributed by atoms with Gasteiger partial charge in [0, 0.05) is 12.0 Å². The minimum atomic E-state index is -0.875. The van der Waals surface area contributed by atoms with Gasteiger partial charge in [-0.15, -0.1) is 0 Å². The Morgan fingerprint density at radius 2 is 1.89 bits per heavy atom. The van der Waals surface area contributed by atoms with Crippen LogP contribution in [-0.4, -0.2) is 16.9 Å². The lowest BCUT2D eigenvalue weighted by molar-refractivity contribution is -0.139. The number of ether oxygens (including phenoxy) is 1. The van der Waals surface area contributed by atoms with E-state index in [1.54, 1.807) is 19.9 Å². The van der Waals surface area contributed by atoms with E-state index < -0.39 is 11.4 Å². The number of Topliss-reactive ketones (excluding diaryl/α,β-unsaturated/α-hetero) is 1. The standard InChI is InChI=1S/C15H18O4/c1-15(2,7-14(17)18)6-13(16)10-3-4-11-8-19-9-12(11)5-10/h3-5H,6-9H2,1-2H3,(H,17,18). The first-order valence-electron chi connectivity index (χ1n) is 6.32. The fourth-order valence-electron chi connectivity index (χ4n) is 2.35. The molecule has 0 aliphatic carbocycles. The Morgan fingerprint density at radius 1 is 1.21 bits per heavy atom. The van der Waals surface area contributed by atoms with Gasteiger partial charge in [0.2, 0.25) is 0 Å². The highest BCUT2D eigenvalue weighted by Gasteiger charge is 2.26. The second-order valence-electron chi connectivity index (χ2n) is 5.81. The molecule has 0 amide bonds. The molecule has 19 heavy (non-hydrogen) atoms. The highest BCUT2D eigenvalue weighted by Crippen LogP contribution is 2.28. The van der Waals surface area contributed by atoms with Crippen molar-refractivity contribution in [3.05, 3.63) is 34.9 Å². The summed E-state index contributed by atoms with van der Waals surface area (Å²) >= 11 is 0. The topological polar surface area (TPSA) is 63.6 Å². The Kier molecular flexibility index (Phi) is 3.71. The smallest absolute Gasteiger partial charge is 0.303 e. The maximum Gasteiger partial charge on any atom is 0.303 e. The molecule has 0 radical (unpaired) electrons. The summed E-state index contributed by atoms with van der Waals surface area (Å²) in [5.41, 5.74) is 2.30. The zero-order chi connectivity index (χ0) is 14.0. The first kappa shape index (κ1) is 13.7. The van der Waals surface area contributed by atoms with Crippen LogP contribution in [0, 0.1) is 5.41 Å². The fourth-order valence-corrected chi connectivity index (χ4v) is 2.35. The molecular formula is C15H18O4. The summed E-state index contributed by atoms with van der Waals surface area (Å²) < 4.78 is 5.31. The Balaban J connectivity index is 2.10. The molecule has 1 aliphatic rings. The molecule has 1 N–H and O–H groups in total. The van der Waals surface area contributed by atoms with Gasteiger partial charge in [0.05, 0.1) is 19.6 Å². The molecular weight excluding hydrogens is 244 g/mol. The number of hydrogen-bond donors (Lipinski definition) is 1. The van der Waals surface area contributed by atoms with Crippen LogP contribution in [0.15, 0.2) is 18.2 Å². The fraction of sp³-hybridized carbons (Fsp3) is 0.467. The van der Waals surface area contributed by atoms with E-state index in [9.17, 15) is 9.59 Å². The zero-order valence-electron chi connectivity index (χ0n) is 11.2. The van der Waals surface area contributed by atoms with Crippen molar-refractivity contribution < 1.29 is 19.4 Å². The van der Waals surface area contributed by atoms with Crippen LogP contribution in [0.3, 0.4) is 0 Å². The molecule has 4 heteroatoms. The normalized spacial score (nSPS) is 14.2. The predicted octanol–water partition coefficient (Wildman–Crippen LogP) is 2.79. The average Bonchev–Trinajstić information content (AvgIpc) is 2.72. The molecule has 0 bridgehead atoms. The first-order valence-corrected chi connectivity index (χ1v) is 6.32. The predicted molar refractivity (Wildman–Crippen MR) is 69.9 cm³/mol. The molecule has 0 aromatic heterocycles. The van der Waals surface area contributed by atoms with Gasteiger partial charge in [-0.25, -0.2) is 0 Å². The van der Waals surface area contributed by atoms with Crippen molar-refractivity contribution in [3.8, 4) is 0 Å². The van der Waals surface area contributed by atoms with Crippen LogP contribution in [0.25, 0.3) is 0 Å². The lowest BCUT2D eigenvalue weighted by atomic mass is 9.82. The summed E-state index contributed by atoms with van der Waals surface area (Å²) in [6, 6.07) is 5.58. The van der Waals surface area contributed by atoms with Crippen LogP contribution < -0.4 is 0 Å². The van der Waals surface area contributed by atoms with E-state index in [-0.39, 0.29) is 18.6 Å². The van der Waals surface area contributed by atoms with E-state index in [1.165, 1.54) is 0 Å². The lowest BCUT2D eigenvalue weighted by Crippen LogP contribution is -2.21. The first-order chi connectivity index (χ1) is 8.87. The number of carboxylic acids is 1. The minimum absolute atomic E-state index is 0.00715. The van der Waals surface area contributed by atoms with Crippen molar-refractivity contribution in [2.75, 3.05) is 0 Å². The molecule has 1 heterocycles. The molecule has 102 valence electrons. The summed E-state index contributed by atoms with van der Waals surface area (Å²) in [4.78, 5) is 23.0. The third-order valence-corrected chi connectivity index (χ3v) is 3.31. The number of carboxylic acid groups (broad SMARTS) is 1. The summed E-state index contributed by atoms with van der Waals surface area (Å²) in [7, 11) is 0. The second-order valence-corrected chi connectivity index (χ2v) is 5.81. The van der Waals surface area contributed by atoms with Crippen LogP contribution in [0.4, 0.5) is 0 Å². The van der Waals surface area contributed by atoms with E-state index >= 15 is 0 Å². The van der Waals surface area contributed by atoms with E-state index in [0.29, 0.717) is 18.8 Å². The summed E-state index contributed by atoms with van der Waals surface area (Å²) in [5.74, 6) is -0.888.